The van der Waals surface area contributed by atoms with Crippen molar-refractivity contribution < 1.29 is 14.3 Å². The molecular weight excluding hydrogens is 275 g/mol. The first-order valence-corrected chi connectivity index (χ1v) is 6.21. The molecule has 0 amide bonds. The SMILES string of the molecule is Cc1nc(/C=C/c2cccc(F)c2)[nH]c(=O)c1CC(=O)O. The smallest absolute Gasteiger partial charge is 0.308 e. The molecule has 0 aliphatic rings. The first-order chi connectivity index (χ1) is 9.95. The molecule has 0 unspecified atom stereocenters. The fourth-order valence-corrected chi connectivity index (χ4v) is 1.86. The van der Waals surface area contributed by atoms with E-state index < -0.39 is 11.5 Å². The minimum atomic E-state index is -1.09. The molecule has 0 bridgehead atoms. The van der Waals surface area contributed by atoms with Crippen LogP contribution in [0.1, 0.15) is 22.6 Å². The van der Waals surface area contributed by atoms with E-state index >= 15 is 0 Å². The highest BCUT2D eigenvalue weighted by Crippen LogP contribution is 2.08. The minimum Gasteiger partial charge on any atom is -0.481 e. The maximum atomic E-state index is 13.0. The van der Waals surface area contributed by atoms with Crippen molar-refractivity contribution >= 4 is 18.1 Å². The van der Waals surface area contributed by atoms with Crippen LogP contribution >= 0.6 is 0 Å². The Bertz CT molecular complexity index is 766. The van der Waals surface area contributed by atoms with Gasteiger partial charge in [-0.2, -0.15) is 0 Å². The topological polar surface area (TPSA) is 83.0 Å². The number of aliphatic carboxylic acids is 1. The minimum absolute atomic E-state index is 0.130. The van der Waals surface area contributed by atoms with Gasteiger partial charge in [0, 0.05) is 11.3 Å². The van der Waals surface area contributed by atoms with E-state index in [0.29, 0.717) is 11.3 Å². The van der Waals surface area contributed by atoms with Gasteiger partial charge >= 0.3 is 5.97 Å². The Morgan fingerprint density at radius 2 is 2.19 bits per heavy atom. The van der Waals surface area contributed by atoms with E-state index in [1.54, 1.807) is 25.1 Å². The number of aromatic nitrogens is 2. The van der Waals surface area contributed by atoms with Crippen molar-refractivity contribution in [1.29, 1.82) is 0 Å². The van der Waals surface area contributed by atoms with Crippen molar-refractivity contribution in [2.24, 2.45) is 0 Å². The van der Waals surface area contributed by atoms with Gasteiger partial charge < -0.3 is 10.1 Å². The lowest BCUT2D eigenvalue weighted by molar-refractivity contribution is -0.136. The molecule has 0 spiro atoms. The monoisotopic (exact) mass is 288 g/mol. The van der Waals surface area contributed by atoms with E-state index in [1.165, 1.54) is 18.2 Å². The van der Waals surface area contributed by atoms with Crippen molar-refractivity contribution in [2.75, 3.05) is 0 Å². The van der Waals surface area contributed by atoms with Gasteiger partial charge in [0.25, 0.3) is 5.56 Å². The number of carboxylic acids is 1. The van der Waals surface area contributed by atoms with Crippen LogP contribution in [0.25, 0.3) is 12.2 Å². The summed E-state index contributed by atoms with van der Waals surface area (Å²) in [5.41, 5.74) is 0.638. The summed E-state index contributed by atoms with van der Waals surface area (Å²) in [6.45, 7) is 1.58. The molecular formula is C15H13FN2O3. The van der Waals surface area contributed by atoms with Gasteiger partial charge in [-0.05, 0) is 30.7 Å². The van der Waals surface area contributed by atoms with E-state index in [9.17, 15) is 14.0 Å². The summed E-state index contributed by atoms with van der Waals surface area (Å²) in [5.74, 6) is -1.16. The highest BCUT2D eigenvalue weighted by Gasteiger charge is 2.10. The van der Waals surface area contributed by atoms with Crippen LogP contribution in [0.2, 0.25) is 0 Å². The quantitative estimate of drug-likeness (QED) is 0.901. The molecule has 21 heavy (non-hydrogen) atoms. The largest absolute Gasteiger partial charge is 0.481 e. The Hall–Kier alpha value is -2.76. The second-order valence-electron chi connectivity index (χ2n) is 4.47. The van der Waals surface area contributed by atoms with E-state index in [0.717, 1.165) is 0 Å². The molecule has 2 aromatic rings. The van der Waals surface area contributed by atoms with Crippen molar-refractivity contribution in [3.63, 3.8) is 0 Å². The molecule has 0 saturated heterocycles. The zero-order valence-electron chi connectivity index (χ0n) is 11.3. The van der Waals surface area contributed by atoms with Crippen LogP contribution in [0.4, 0.5) is 4.39 Å². The molecule has 1 heterocycles. The Balaban J connectivity index is 2.30. The molecule has 0 saturated carbocycles. The first kappa shape index (κ1) is 14.6. The van der Waals surface area contributed by atoms with Gasteiger partial charge in [-0.1, -0.05) is 18.2 Å². The number of rotatable bonds is 4. The summed E-state index contributed by atoms with van der Waals surface area (Å²) >= 11 is 0. The Kier molecular flexibility index (Phi) is 4.27. The average molecular weight is 288 g/mol. The Labute approximate surface area is 119 Å². The number of halogens is 1. The second-order valence-corrected chi connectivity index (χ2v) is 4.47. The number of nitrogens with one attached hydrogen (secondary N) is 1. The van der Waals surface area contributed by atoms with Gasteiger partial charge in [0.15, 0.2) is 0 Å². The van der Waals surface area contributed by atoms with Crippen LogP contribution in [0.15, 0.2) is 29.1 Å². The summed E-state index contributed by atoms with van der Waals surface area (Å²) in [5, 5.41) is 8.73. The van der Waals surface area contributed by atoms with Gasteiger partial charge in [0.05, 0.1) is 6.42 Å². The maximum Gasteiger partial charge on any atom is 0.308 e. The summed E-state index contributed by atoms with van der Waals surface area (Å²) in [7, 11) is 0. The molecule has 0 radical (unpaired) electrons. The Morgan fingerprint density at radius 3 is 2.81 bits per heavy atom. The number of hydrogen-bond acceptors (Lipinski definition) is 3. The van der Waals surface area contributed by atoms with Crippen molar-refractivity contribution in [2.45, 2.75) is 13.3 Å². The predicted molar refractivity (Wildman–Crippen MR) is 76.3 cm³/mol. The average Bonchev–Trinajstić information content (AvgIpc) is 2.40. The van der Waals surface area contributed by atoms with E-state index in [-0.39, 0.29) is 23.6 Å². The lowest BCUT2D eigenvalue weighted by atomic mass is 10.1. The molecule has 2 N–H and O–H groups in total. The molecule has 5 nitrogen and oxygen atoms in total. The lowest BCUT2D eigenvalue weighted by Gasteiger charge is -2.02. The molecule has 0 aliphatic carbocycles. The zero-order chi connectivity index (χ0) is 15.4. The molecule has 108 valence electrons. The summed E-state index contributed by atoms with van der Waals surface area (Å²) in [4.78, 5) is 29.1. The third-order valence-corrected chi connectivity index (χ3v) is 2.85. The lowest BCUT2D eigenvalue weighted by Crippen LogP contribution is -2.20. The zero-order valence-corrected chi connectivity index (χ0v) is 11.3. The number of hydrogen-bond donors (Lipinski definition) is 2. The number of carbonyl (C=O) groups is 1. The van der Waals surface area contributed by atoms with E-state index in [4.69, 9.17) is 5.11 Å². The summed E-state index contributed by atoms with van der Waals surface area (Å²) < 4.78 is 13.0. The third-order valence-electron chi connectivity index (χ3n) is 2.85. The van der Waals surface area contributed by atoms with Crippen LogP contribution in [0, 0.1) is 12.7 Å². The number of aromatic amines is 1. The summed E-state index contributed by atoms with van der Waals surface area (Å²) in [6, 6.07) is 5.97. The summed E-state index contributed by atoms with van der Waals surface area (Å²) in [6.07, 6.45) is 2.77. The predicted octanol–water partition coefficient (Wildman–Crippen LogP) is 2.01. The first-order valence-electron chi connectivity index (χ1n) is 6.21. The molecule has 0 fully saturated rings. The molecule has 2 rings (SSSR count). The van der Waals surface area contributed by atoms with Crippen LogP contribution in [-0.2, 0) is 11.2 Å². The van der Waals surface area contributed by atoms with Gasteiger partial charge in [0.2, 0.25) is 0 Å². The van der Waals surface area contributed by atoms with Crippen LogP contribution < -0.4 is 5.56 Å². The molecule has 1 aromatic heterocycles. The highest BCUT2D eigenvalue weighted by atomic mass is 19.1. The fraction of sp³-hybridized carbons (Fsp3) is 0.133. The van der Waals surface area contributed by atoms with Crippen LogP contribution in [0.5, 0.6) is 0 Å². The molecule has 0 aliphatic heterocycles. The molecule has 0 atom stereocenters. The Morgan fingerprint density at radius 1 is 1.43 bits per heavy atom. The van der Waals surface area contributed by atoms with Crippen LogP contribution in [0.3, 0.4) is 0 Å². The highest BCUT2D eigenvalue weighted by molar-refractivity contribution is 5.70. The number of benzene rings is 1. The second kappa shape index (κ2) is 6.13. The number of aryl methyl sites for hydroxylation is 1. The normalized spacial score (nSPS) is 11.0. The maximum absolute atomic E-state index is 13.0. The third kappa shape index (κ3) is 3.85. The molecule has 6 heteroatoms. The van der Waals surface area contributed by atoms with E-state index in [2.05, 4.69) is 9.97 Å². The van der Waals surface area contributed by atoms with Gasteiger partial charge in [-0.25, -0.2) is 9.37 Å². The van der Waals surface area contributed by atoms with Gasteiger partial charge in [-0.15, -0.1) is 0 Å². The van der Waals surface area contributed by atoms with Crippen LogP contribution in [-0.4, -0.2) is 21.0 Å². The van der Waals surface area contributed by atoms with Crippen molar-refractivity contribution in [3.05, 3.63) is 63.1 Å². The number of nitrogens with zero attached hydrogens (tertiary/aromatic N) is 1. The van der Waals surface area contributed by atoms with Crippen molar-refractivity contribution in [1.82, 2.24) is 9.97 Å². The fourth-order valence-electron chi connectivity index (χ4n) is 1.86. The van der Waals surface area contributed by atoms with Gasteiger partial charge in [-0.3, -0.25) is 9.59 Å². The standard InChI is InChI=1S/C15H13FN2O3/c1-9-12(8-14(19)20)15(21)18-13(17-9)6-5-10-3-2-4-11(16)7-10/h2-7H,8H2,1H3,(H,19,20)(H,17,18,21)/b6-5+. The van der Waals surface area contributed by atoms with E-state index in [1.807, 2.05) is 0 Å². The van der Waals surface area contributed by atoms with Crippen molar-refractivity contribution in [3.8, 4) is 0 Å². The number of H-pyrrole nitrogens is 1. The van der Waals surface area contributed by atoms with Gasteiger partial charge in [0.1, 0.15) is 11.6 Å². The number of carboxylic acid groups (broad SMARTS) is 1. The molecule has 1 aromatic carbocycles.